The van der Waals surface area contributed by atoms with E-state index in [2.05, 4.69) is 0 Å². The SMILES string of the molecule is O=C(O)CCCN(c1ccccc1Cl)S(=O)(=O)c1ccc(Cl)c(Cl)c1. The second-order valence-corrected chi connectivity index (χ2v) is 8.19. The molecule has 0 atom stereocenters. The first-order valence-electron chi connectivity index (χ1n) is 7.17. The summed E-state index contributed by atoms with van der Waals surface area (Å²) in [7, 11) is -4.00. The Balaban J connectivity index is 2.47. The van der Waals surface area contributed by atoms with Crippen molar-refractivity contribution >= 4 is 56.5 Å². The molecule has 0 amide bonds. The Hall–Kier alpha value is -1.47. The van der Waals surface area contributed by atoms with Gasteiger partial charge in [0, 0.05) is 13.0 Å². The number of para-hydroxylation sites is 1. The van der Waals surface area contributed by atoms with Crippen LogP contribution in [-0.2, 0) is 14.8 Å². The monoisotopic (exact) mass is 421 g/mol. The number of carboxylic acids is 1. The number of hydrogen-bond acceptors (Lipinski definition) is 3. The molecule has 0 spiro atoms. The van der Waals surface area contributed by atoms with Gasteiger partial charge < -0.3 is 5.11 Å². The molecule has 0 aliphatic rings. The van der Waals surface area contributed by atoms with Gasteiger partial charge in [0.2, 0.25) is 0 Å². The van der Waals surface area contributed by atoms with Crippen molar-refractivity contribution in [1.82, 2.24) is 0 Å². The van der Waals surface area contributed by atoms with E-state index in [0.29, 0.717) is 0 Å². The molecular formula is C16H14Cl3NO4S. The zero-order valence-electron chi connectivity index (χ0n) is 12.8. The number of benzene rings is 2. The number of sulfonamides is 1. The third kappa shape index (κ3) is 4.79. The molecule has 9 heteroatoms. The summed E-state index contributed by atoms with van der Waals surface area (Å²) in [6.45, 7) is -0.0430. The van der Waals surface area contributed by atoms with Crippen LogP contribution < -0.4 is 4.31 Å². The van der Waals surface area contributed by atoms with Gasteiger partial charge in [0.1, 0.15) is 0 Å². The predicted molar refractivity (Wildman–Crippen MR) is 99.3 cm³/mol. The van der Waals surface area contributed by atoms with Gasteiger partial charge in [-0.25, -0.2) is 8.42 Å². The fourth-order valence-electron chi connectivity index (χ4n) is 2.16. The van der Waals surface area contributed by atoms with Crippen LogP contribution in [0.25, 0.3) is 0 Å². The van der Waals surface area contributed by atoms with Crippen LogP contribution >= 0.6 is 34.8 Å². The average Bonchev–Trinajstić information content (AvgIpc) is 2.54. The topological polar surface area (TPSA) is 74.7 Å². The van der Waals surface area contributed by atoms with Gasteiger partial charge in [-0.1, -0.05) is 46.9 Å². The van der Waals surface area contributed by atoms with E-state index in [-0.39, 0.29) is 45.0 Å². The number of carbonyl (C=O) groups is 1. The molecule has 0 saturated heterocycles. The Kier molecular flexibility index (Phi) is 6.57. The molecule has 0 radical (unpaired) electrons. The van der Waals surface area contributed by atoms with Gasteiger partial charge >= 0.3 is 5.97 Å². The van der Waals surface area contributed by atoms with E-state index in [1.807, 2.05) is 0 Å². The summed E-state index contributed by atoms with van der Waals surface area (Å²) in [4.78, 5) is 10.7. The van der Waals surface area contributed by atoms with Crippen LogP contribution in [0.3, 0.4) is 0 Å². The third-order valence-electron chi connectivity index (χ3n) is 3.35. The van der Waals surface area contributed by atoms with Gasteiger partial charge in [0.15, 0.2) is 0 Å². The zero-order chi connectivity index (χ0) is 18.6. The lowest BCUT2D eigenvalue weighted by Gasteiger charge is -2.25. The molecule has 0 aromatic heterocycles. The molecule has 0 heterocycles. The lowest BCUT2D eigenvalue weighted by Crippen LogP contribution is -2.32. The van der Waals surface area contributed by atoms with Gasteiger partial charge in [-0.15, -0.1) is 0 Å². The fraction of sp³-hybridized carbons (Fsp3) is 0.188. The van der Waals surface area contributed by atoms with E-state index in [4.69, 9.17) is 39.9 Å². The third-order valence-corrected chi connectivity index (χ3v) is 6.22. The van der Waals surface area contributed by atoms with Crippen LogP contribution in [0.5, 0.6) is 0 Å². The molecule has 1 N–H and O–H groups in total. The molecule has 2 aromatic carbocycles. The minimum atomic E-state index is -4.00. The van der Waals surface area contributed by atoms with Gasteiger partial charge in [0.05, 0.1) is 25.7 Å². The highest BCUT2D eigenvalue weighted by molar-refractivity contribution is 7.92. The van der Waals surface area contributed by atoms with Crippen LogP contribution in [0.2, 0.25) is 15.1 Å². The average molecular weight is 423 g/mol. The van der Waals surface area contributed by atoms with Crippen LogP contribution in [0.1, 0.15) is 12.8 Å². The maximum atomic E-state index is 13.0. The molecular weight excluding hydrogens is 409 g/mol. The second-order valence-electron chi connectivity index (χ2n) is 5.10. The van der Waals surface area contributed by atoms with Crippen molar-refractivity contribution in [2.24, 2.45) is 0 Å². The molecule has 134 valence electrons. The summed E-state index contributed by atoms with van der Waals surface area (Å²) in [6, 6.07) is 10.4. The summed E-state index contributed by atoms with van der Waals surface area (Å²) < 4.78 is 27.2. The van der Waals surface area contributed by atoms with E-state index in [1.54, 1.807) is 24.3 Å². The maximum Gasteiger partial charge on any atom is 0.303 e. The minimum Gasteiger partial charge on any atom is -0.481 e. The highest BCUT2D eigenvalue weighted by atomic mass is 35.5. The van der Waals surface area contributed by atoms with Crippen molar-refractivity contribution in [3.8, 4) is 0 Å². The quantitative estimate of drug-likeness (QED) is 0.701. The molecule has 2 rings (SSSR count). The Labute approximate surface area is 160 Å². The van der Waals surface area contributed by atoms with Crippen molar-refractivity contribution in [2.45, 2.75) is 17.7 Å². The minimum absolute atomic E-state index is 0.0430. The molecule has 2 aromatic rings. The number of aliphatic carboxylic acids is 1. The van der Waals surface area contributed by atoms with Crippen LogP contribution in [0, 0.1) is 0 Å². The van der Waals surface area contributed by atoms with Gasteiger partial charge in [-0.05, 0) is 36.8 Å². The Morgan fingerprint density at radius 1 is 1.00 bits per heavy atom. The number of anilines is 1. The molecule has 0 aliphatic carbocycles. The number of nitrogens with zero attached hydrogens (tertiary/aromatic N) is 1. The molecule has 0 saturated carbocycles. The van der Waals surface area contributed by atoms with Gasteiger partial charge in [0.25, 0.3) is 10.0 Å². The molecule has 0 bridgehead atoms. The van der Waals surface area contributed by atoms with E-state index >= 15 is 0 Å². The highest BCUT2D eigenvalue weighted by Gasteiger charge is 2.27. The molecule has 5 nitrogen and oxygen atoms in total. The second kappa shape index (κ2) is 8.27. The number of rotatable bonds is 7. The molecule has 0 unspecified atom stereocenters. The first-order valence-corrected chi connectivity index (χ1v) is 9.75. The van der Waals surface area contributed by atoms with E-state index in [9.17, 15) is 13.2 Å². The Bertz CT molecular complexity index is 887. The lowest BCUT2D eigenvalue weighted by atomic mass is 10.3. The van der Waals surface area contributed by atoms with Crippen molar-refractivity contribution in [3.63, 3.8) is 0 Å². The maximum absolute atomic E-state index is 13.0. The summed E-state index contributed by atoms with van der Waals surface area (Å²) in [5.41, 5.74) is 0.264. The largest absolute Gasteiger partial charge is 0.481 e. The van der Waals surface area contributed by atoms with Crippen LogP contribution in [0.15, 0.2) is 47.4 Å². The lowest BCUT2D eigenvalue weighted by molar-refractivity contribution is -0.137. The van der Waals surface area contributed by atoms with E-state index in [1.165, 1.54) is 18.2 Å². The van der Waals surface area contributed by atoms with E-state index < -0.39 is 16.0 Å². The smallest absolute Gasteiger partial charge is 0.303 e. The molecule has 0 aliphatic heterocycles. The first kappa shape index (κ1) is 19.8. The predicted octanol–water partition coefficient (Wildman–Crippen LogP) is 4.71. The summed E-state index contributed by atoms with van der Waals surface area (Å²) in [5.74, 6) is -1.01. The number of hydrogen-bond donors (Lipinski definition) is 1. The van der Waals surface area contributed by atoms with Crippen molar-refractivity contribution in [2.75, 3.05) is 10.8 Å². The molecule has 0 fully saturated rings. The standard InChI is InChI=1S/C16H14Cl3NO4S/c17-12-8-7-11(10-14(12)19)25(23,24)20(9-3-6-16(21)22)15-5-2-1-4-13(15)18/h1-2,4-5,7-8,10H,3,6,9H2,(H,21,22). The van der Waals surface area contributed by atoms with Crippen LogP contribution in [0.4, 0.5) is 5.69 Å². The van der Waals surface area contributed by atoms with Crippen LogP contribution in [-0.4, -0.2) is 26.0 Å². The summed E-state index contributed by atoms with van der Waals surface area (Å²) in [5, 5.41) is 9.39. The first-order chi connectivity index (χ1) is 11.7. The number of carboxylic acid groups (broad SMARTS) is 1. The molecule has 25 heavy (non-hydrogen) atoms. The summed E-state index contributed by atoms with van der Waals surface area (Å²) >= 11 is 17.9. The Morgan fingerprint density at radius 2 is 1.68 bits per heavy atom. The number of halogens is 3. The van der Waals surface area contributed by atoms with Gasteiger partial charge in [-0.3, -0.25) is 9.10 Å². The Morgan fingerprint density at radius 3 is 2.28 bits per heavy atom. The summed E-state index contributed by atoms with van der Waals surface area (Å²) in [6.07, 6.45) is -0.0427. The fourth-order valence-corrected chi connectivity index (χ4v) is 4.36. The van der Waals surface area contributed by atoms with Crippen molar-refractivity contribution in [3.05, 3.63) is 57.5 Å². The normalized spacial score (nSPS) is 11.3. The zero-order valence-corrected chi connectivity index (χ0v) is 15.9. The highest BCUT2D eigenvalue weighted by Crippen LogP contribution is 2.32. The van der Waals surface area contributed by atoms with E-state index in [0.717, 1.165) is 4.31 Å². The van der Waals surface area contributed by atoms with Crippen molar-refractivity contribution < 1.29 is 18.3 Å². The van der Waals surface area contributed by atoms with Crippen molar-refractivity contribution in [1.29, 1.82) is 0 Å². The van der Waals surface area contributed by atoms with Gasteiger partial charge in [-0.2, -0.15) is 0 Å².